The second kappa shape index (κ2) is 8.94. The van der Waals surface area contributed by atoms with Gasteiger partial charge in [0.05, 0.1) is 17.9 Å². The first kappa shape index (κ1) is 19.3. The molecule has 0 saturated heterocycles. The Labute approximate surface area is 162 Å². The van der Waals surface area contributed by atoms with Crippen LogP contribution in [0.25, 0.3) is 5.69 Å². The number of nitrogens with zero attached hydrogens (tertiary/aromatic N) is 2. The van der Waals surface area contributed by atoms with Crippen molar-refractivity contribution in [3.8, 4) is 5.69 Å². The molecular weight excluding hydrogens is 359 g/mol. The van der Waals surface area contributed by atoms with E-state index in [1.54, 1.807) is 10.9 Å². The van der Waals surface area contributed by atoms with Gasteiger partial charge in [0.15, 0.2) is 0 Å². The Morgan fingerprint density at radius 2 is 1.82 bits per heavy atom. The molecule has 0 radical (unpaired) electrons. The number of aromatic nitrogens is 2. The Morgan fingerprint density at radius 1 is 1.11 bits per heavy atom. The van der Waals surface area contributed by atoms with Crippen molar-refractivity contribution < 1.29 is 14.0 Å². The predicted molar refractivity (Wildman–Crippen MR) is 103 cm³/mol. The van der Waals surface area contributed by atoms with Gasteiger partial charge in [-0.05, 0) is 43.3 Å². The number of hydrogen-bond donors (Lipinski definition) is 2. The van der Waals surface area contributed by atoms with Crippen LogP contribution in [0.3, 0.4) is 0 Å². The highest BCUT2D eigenvalue weighted by Gasteiger charge is 2.13. The van der Waals surface area contributed by atoms with Gasteiger partial charge in [-0.25, -0.2) is 9.07 Å². The standard InChI is InChI=1S/C21H21FN4O2/c1-15(17-13-24-26(14-17)19-5-3-2-4-6-19)25-20(27)11-12-23-21(28)16-7-9-18(22)10-8-16/h2-10,13-15H,11-12H2,1H3,(H,23,28)(H,25,27)/t15-/m1/s1. The first-order valence-electron chi connectivity index (χ1n) is 8.96. The zero-order chi connectivity index (χ0) is 19.9. The molecular formula is C21H21FN4O2. The summed E-state index contributed by atoms with van der Waals surface area (Å²) in [4.78, 5) is 24.1. The molecule has 0 aliphatic carbocycles. The third-order valence-corrected chi connectivity index (χ3v) is 4.24. The van der Waals surface area contributed by atoms with E-state index >= 15 is 0 Å². The SMILES string of the molecule is C[C@@H](NC(=O)CCNC(=O)c1ccc(F)cc1)c1cnn(-c2ccccc2)c1. The minimum Gasteiger partial charge on any atom is -0.352 e. The van der Waals surface area contributed by atoms with Gasteiger partial charge >= 0.3 is 0 Å². The summed E-state index contributed by atoms with van der Waals surface area (Å²) in [6.07, 6.45) is 3.73. The molecule has 0 spiro atoms. The maximum absolute atomic E-state index is 12.9. The summed E-state index contributed by atoms with van der Waals surface area (Å²) in [5, 5.41) is 9.86. The van der Waals surface area contributed by atoms with Gasteiger partial charge in [0, 0.05) is 30.3 Å². The normalized spacial score (nSPS) is 11.6. The summed E-state index contributed by atoms with van der Waals surface area (Å²) in [6.45, 7) is 2.07. The van der Waals surface area contributed by atoms with Gasteiger partial charge in [0.2, 0.25) is 5.91 Å². The van der Waals surface area contributed by atoms with E-state index in [1.807, 2.05) is 43.5 Å². The Kier molecular flexibility index (Phi) is 6.16. The summed E-state index contributed by atoms with van der Waals surface area (Å²) in [6, 6.07) is 14.7. The molecule has 2 N–H and O–H groups in total. The molecule has 2 aromatic carbocycles. The molecule has 0 fully saturated rings. The number of hydrogen-bond acceptors (Lipinski definition) is 3. The molecule has 7 heteroatoms. The monoisotopic (exact) mass is 380 g/mol. The summed E-state index contributed by atoms with van der Waals surface area (Å²) < 4.78 is 14.6. The van der Waals surface area contributed by atoms with E-state index in [-0.39, 0.29) is 30.8 Å². The van der Waals surface area contributed by atoms with Gasteiger partial charge < -0.3 is 10.6 Å². The van der Waals surface area contributed by atoms with Crippen molar-refractivity contribution in [2.75, 3.05) is 6.54 Å². The van der Waals surface area contributed by atoms with E-state index in [0.29, 0.717) is 5.56 Å². The topological polar surface area (TPSA) is 76.0 Å². The quantitative estimate of drug-likeness (QED) is 0.662. The molecule has 1 heterocycles. The number of carbonyl (C=O) groups is 2. The Balaban J connectivity index is 1.46. The third kappa shape index (κ3) is 5.03. The highest BCUT2D eigenvalue weighted by atomic mass is 19.1. The average Bonchev–Trinajstić information content (AvgIpc) is 3.19. The lowest BCUT2D eigenvalue weighted by atomic mass is 10.2. The van der Waals surface area contributed by atoms with Gasteiger partial charge in [-0.1, -0.05) is 18.2 Å². The Morgan fingerprint density at radius 3 is 2.54 bits per heavy atom. The molecule has 0 aliphatic heterocycles. The first-order chi connectivity index (χ1) is 13.5. The minimum atomic E-state index is -0.402. The summed E-state index contributed by atoms with van der Waals surface area (Å²) in [5.74, 6) is -0.926. The van der Waals surface area contributed by atoms with Crippen LogP contribution < -0.4 is 10.6 Å². The van der Waals surface area contributed by atoms with Gasteiger partial charge in [-0.15, -0.1) is 0 Å². The fourth-order valence-electron chi connectivity index (χ4n) is 2.67. The largest absolute Gasteiger partial charge is 0.352 e. The zero-order valence-corrected chi connectivity index (χ0v) is 15.4. The van der Waals surface area contributed by atoms with Crippen molar-refractivity contribution in [2.45, 2.75) is 19.4 Å². The second-order valence-electron chi connectivity index (χ2n) is 6.36. The molecule has 1 atom stereocenters. The number of halogens is 1. The predicted octanol–water partition coefficient (Wildman–Crippen LogP) is 3.01. The minimum absolute atomic E-state index is 0.143. The highest BCUT2D eigenvalue weighted by molar-refractivity contribution is 5.94. The van der Waals surface area contributed by atoms with Gasteiger partial charge in [-0.3, -0.25) is 9.59 Å². The van der Waals surface area contributed by atoms with Crippen molar-refractivity contribution in [3.63, 3.8) is 0 Å². The molecule has 1 aromatic heterocycles. The van der Waals surface area contributed by atoms with Crippen LogP contribution in [-0.4, -0.2) is 28.1 Å². The lowest BCUT2D eigenvalue weighted by Gasteiger charge is -2.12. The molecule has 0 bridgehead atoms. The van der Waals surface area contributed by atoms with Crippen LogP contribution in [0, 0.1) is 5.82 Å². The van der Waals surface area contributed by atoms with Crippen molar-refractivity contribution >= 4 is 11.8 Å². The number of benzene rings is 2. The van der Waals surface area contributed by atoms with E-state index in [1.165, 1.54) is 24.3 Å². The summed E-state index contributed by atoms with van der Waals surface area (Å²) >= 11 is 0. The molecule has 0 saturated carbocycles. The number of carbonyl (C=O) groups excluding carboxylic acids is 2. The van der Waals surface area contributed by atoms with Crippen LogP contribution >= 0.6 is 0 Å². The number of nitrogens with one attached hydrogen (secondary N) is 2. The molecule has 144 valence electrons. The smallest absolute Gasteiger partial charge is 0.251 e. The third-order valence-electron chi connectivity index (χ3n) is 4.24. The molecule has 6 nitrogen and oxygen atoms in total. The number of para-hydroxylation sites is 1. The lowest BCUT2D eigenvalue weighted by molar-refractivity contribution is -0.121. The van der Waals surface area contributed by atoms with Crippen molar-refractivity contribution in [1.82, 2.24) is 20.4 Å². The molecule has 3 rings (SSSR count). The second-order valence-corrected chi connectivity index (χ2v) is 6.36. The van der Waals surface area contributed by atoms with Crippen LogP contribution in [0.4, 0.5) is 4.39 Å². The van der Waals surface area contributed by atoms with Crippen LogP contribution in [0.2, 0.25) is 0 Å². The van der Waals surface area contributed by atoms with E-state index in [2.05, 4.69) is 15.7 Å². The van der Waals surface area contributed by atoms with Crippen LogP contribution in [0.1, 0.15) is 35.3 Å². The van der Waals surface area contributed by atoms with Crippen LogP contribution in [0.5, 0.6) is 0 Å². The summed E-state index contributed by atoms with van der Waals surface area (Å²) in [7, 11) is 0. The maximum Gasteiger partial charge on any atom is 0.251 e. The summed E-state index contributed by atoms with van der Waals surface area (Å²) in [5.41, 5.74) is 2.17. The van der Waals surface area contributed by atoms with Crippen molar-refractivity contribution in [3.05, 3.63) is 83.9 Å². The first-order valence-corrected chi connectivity index (χ1v) is 8.96. The van der Waals surface area contributed by atoms with Crippen LogP contribution in [-0.2, 0) is 4.79 Å². The number of rotatable bonds is 7. The van der Waals surface area contributed by atoms with E-state index in [0.717, 1.165) is 11.3 Å². The molecule has 28 heavy (non-hydrogen) atoms. The molecule has 0 aliphatic rings. The van der Waals surface area contributed by atoms with Gasteiger partial charge in [-0.2, -0.15) is 5.10 Å². The zero-order valence-electron chi connectivity index (χ0n) is 15.4. The number of amides is 2. The Bertz CT molecular complexity index is 939. The van der Waals surface area contributed by atoms with Gasteiger partial charge in [0.25, 0.3) is 5.91 Å². The van der Waals surface area contributed by atoms with E-state index in [4.69, 9.17) is 0 Å². The molecule has 2 amide bonds. The molecule has 3 aromatic rings. The van der Waals surface area contributed by atoms with E-state index < -0.39 is 5.82 Å². The maximum atomic E-state index is 12.9. The fourth-order valence-corrected chi connectivity index (χ4v) is 2.67. The van der Waals surface area contributed by atoms with Crippen molar-refractivity contribution in [2.24, 2.45) is 0 Å². The van der Waals surface area contributed by atoms with E-state index in [9.17, 15) is 14.0 Å². The highest BCUT2D eigenvalue weighted by Crippen LogP contribution is 2.14. The fraction of sp³-hybridized carbons (Fsp3) is 0.190. The molecule has 0 unspecified atom stereocenters. The van der Waals surface area contributed by atoms with Gasteiger partial charge in [0.1, 0.15) is 5.82 Å². The Hall–Kier alpha value is -3.48. The lowest BCUT2D eigenvalue weighted by Crippen LogP contribution is -2.32. The van der Waals surface area contributed by atoms with Crippen LogP contribution in [0.15, 0.2) is 67.0 Å². The van der Waals surface area contributed by atoms with Crippen molar-refractivity contribution in [1.29, 1.82) is 0 Å². The average molecular weight is 380 g/mol.